The van der Waals surface area contributed by atoms with Crippen molar-refractivity contribution in [3.8, 4) is 0 Å². The highest BCUT2D eigenvalue weighted by Gasteiger charge is 2.08. The third-order valence-electron chi connectivity index (χ3n) is 2.47. The van der Waals surface area contributed by atoms with E-state index in [1.807, 2.05) is 0 Å². The van der Waals surface area contributed by atoms with E-state index in [0.717, 1.165) is 11.0 Å². The topological polar surface area (TPSA) is 0 Å². The molecule has 2 aromatic carbocycles. The van der Waals surface area contributed by atoms with Crippen LogP contribution in [0.25, 0.3) is 10.8 Å². The van der Waals surface area contributed by atoms with Crippen LogP contribution >= 0.6 is 0 Å². The van der Waals surface area contributed by atoms with E-state index in [1.54, 1.807) is 0 Å². The van der Waals surface area contributed by atoms with Crippen molar-refractivity contribution in [3.63, 3.8) is 0 Å². The zero-order valence-electron chi connectivity index (χ0n) is 10.1. The molecule has 0 fully saturated rings. The Morgan fingerprint density at radius 3 is 2.12 bits per heavy atom. The summed E-state index contributed by atoms with van der Waals surface area (Å²) in [6.07, 6.45) is 0. The van der Waals surface area contributed by atoms with Gasteiger partial charge < -0.3 is 21.5 Å². The van der Waals surface area contributed by atoms with Gasteiger partial charge in [0.2, 0.25) is 0 Å². The molecule has 0 atom stereocenters. The maximum Gasteiger partial charge on any atom is 0.104 e. The molecule has 0 heterocycles. The molecule has 0 N–H and O–H groups in total. The second-order valence-electron chi connectivity index (χ2n) is 5.13. The molecule has 2 aromatic rings. The van der Waals surface area contributed by atoms with Crippen molar-refractivity contribution < 1.29 is 21.5 Å². The predicted octanol–water partition coefficient (Wildman–Crippen LogP) is 0.0500. The third-order valence-corrected chi connectivity index (χ3v) is 2.47. The van der Waals surface area contributed by atoms with Crippen molar-refractivity contribution >= 4 is 10.8 Å². The molecule has 0 saturated carbocycles. The van der Waals surface area contributed by atoms with Crippen LogP contribution in [0.5, 0.6) is 0 Å². The molecule has 0 saturated heterocycles. The lowest BCUT2D eigenvalue weighted by Crippen LogP contribution is -3.00. The maximum absolute atomic E-state index is 2.29. The molecular weight excluding hydrogens is 262 g/mol. The second-order valence-corrected chi connectivity index (χ2v) is 5.13. The fraction of sp³-hybridized carbons (Fsp3) is 0.286. The van der Waals surface area contributed by atoms with Crippen LogP contribution in [0.15, 0.2) is 42.5 Å². The minimum Gasteiger partial charge on any atom is -1.00 e. The monoisotopic (exact) mass is 279 g/mol. The molecule has 0 aliphatic rings. The maximum atomic E-state index is 2.29. The van der Waals surface area contributed by atoms with Crippen LogP contribution in [0.2, 0.25) is 0 Å². The standard InChI is InChI=1S/C14H18N.BrH/c1-15(2,3)11-12-8-9-13-6-4-5-7-14(13)10-12;/h4-10H,11H2,1-3H3;1H/q+1;/p-1. The van der Waals surface area contributed by atoms with Crippen molar-refractivity contribution in [2.45, 2.75) is 6.54 Å². The molecule has 0 aliphatic carbocycles. The lowest BCUT2D eigenvalue weighted by molar-refractivity contribution is -0.883. The van der Waals surface area contributed by atoms with Gasteiger partial charge in [0.05, 0.1) is 21.1 Å². The van der Waals surface area contributed by atoms with Gasteiger partial charge in [-0.3, -0.25) is 0 Å². The Labute approximate surface area is 108 Å². The molecule has 0 bridgehead atoms. The minimum atomic E-state index is 0. The Morgan fingerprint density at radius 2 is 1.50 bits per heavy atom. The zero-order valence-corrected chi connectivity index (χ0v) is 11.7. The van der Waals surface area contributed by atoms with Gasteiger partial charge in [0.15, 0.2) is 0 Å². The van der Waals surface area contributed by atoms with Crippen LogP contribution in [0.4, 0.5) is 0 Å². The first-order chi connectivity index (χ1) is 7.04. The first kappa shape index (κ1) is 13.2. The van der Waals surface area contributed by atoms with Gasteiger partial charge in [-0.05, 0) is 16.8 Å². The van der Waals surface area contributed by atoms with Crippen molar-refractivity contribution in [1.29, 1.82) is 0 Å². The number of fused-ring (bicyclic) bond motifs is 1. The summed E-state index contributed by atoms with van der Waals surface area (Å²) in [7, 11) is 6.65. The molecule has 2 rings (SSSR count). The summed E-state index contributed by atoms with van der Waals surface area (Å²) >= 11 is 0. The van der Waals surface area contributed by atoms with Crippen molar-refractivity contribution in [1.82, 2.24) is 0 Å². The average molecular weight is 280 g/mol. The molecule has 0 radical (unpaired) electrons. The fourth-order valence-corrected chi connectivity index (χ4v) is 1.88. The number of benzene rings is 2. The average Bonchev–Trinajstić information content (AvgIpc) is 2.15. The van der Waals surface area contributed by atoms with E-state index < -0.39 is 0 Å². The molecule has 0 aliphatic heterocycles. The van der Waals surface area contributed by atoms with Gasteiger partial charge in [0.25, 0.3) is 0 Å². The molecule has 2 heteroatoms. The van der Waals surface area contributed by atoms with E-state index >= 15 is 0 Å². The quantitative estimate of drug-likeness (QED) is 0.682. The largest absolute Gasteiger partial charge is 1.00 e. The predicted molar refractivity (Wildman–Crippen MR) is 65.7 cm³/mol. The van der Waals surface area contributed by atoms with Crippen molar-refractivity contribution in [3.05, 3.63) is 48.0 Å². The normalized spacial score (nSPS) is 11.2. The molecule has 1 nitrogen and oxygen atoms in total. The van der Waals surface area contributed by atoms with Crippen LogP contribution in [-0.2, 0) is 6.54 Å². The highest BCUT2D eigenvalue weighted by atomic mass is 79.9. The molecular formula is C14H18BrN. The van der Waals surface area contributed by atoms with Crippen LogP contribution < -0.4 is 17.0 Å². The smallest absolute Gasteiger partial charge is 0.104 e. The van der Waals surface area contributed by atoms with Crippen LogP contribution in [0, 0.1) is 0 Å². The lowest BCUT2D eigenvalue weighted by atomic mass is 10.1. The van der Waals surface area contributed by atoms with Gasteiger partial charge in [-0.15, -0.1) is 0 Å². The molecule has 86 valence electrons. The Bertz CT molecular complexity index is 471. The van der Waals surface area contributed by atoms with Gasteiger partial charge in [-0.25, -0.2) is 0 Å². The van der Waals surface area contributed by atoms with Gasteiger partial charge in [-0.1, -0.05) is 36.4 Å². The first-order valence-electron chi connectivity index (χ1n) is 5.33. The summed E-state index contributed by atoms with van der Waals surface area (Å²) in [5.41, 5.74) is 1.40. The van der Waals surface area contributed by atoms with E-state index in [0.29, 0.717) is 0 Å². The summed E-state index contributed by atoms with van der Waals surface area (Å²) in [4.78, 5) is 0. The number of nitrogens with zero attached hydrogens (tertiary/aromatic N) is 1. The molecule has 16 heavy (non-hydrogen) atoms. The molecule has 0 unspecified atom stereocenters. The van der Waals surface area contributed by atoms with E-state index in [4.69, 9.17) is 0 Å². The number of hydrogen-bond donors (Lipinski definition) is 0. The molecule has 0 spiro atoms. The summed E-state index contributed by atoms with van der Waals surface area (Å²) in [5, 5.41) is 2.66. The Balaban J connectivity index is 0.00000128. The second kappa shape index (κ2) is 4.98. The highest BCUT2D eigenvalue weighted by molar-refractivity contribution is 5.82. The lowest BCUT2D eigenvalue weighted by Gasteiger charge is -2.24. The van der Waals surface area contributed by atoms with Crippen molar-refractivity contribution in [2.75, 3.05) is 21.1 Å². The van der Waals surface area contributed by atoms with Gasteiger partial charge >= 0.3 is 0 Å². The zero-order chi connectivity index (χ0) is 10.9. The summed E-state index contributed by atoms with van der Waals surface area (Å²) in [5.74, 6) is 0. The number of hydrogen-bond acceptors (Lipinski definition) is 0. The molecule has 0 aromatic heterocycles. The third kappa shape index (κ3) is 3.32. The first-order valence-corrected chi connectivity index (χ1v) is 5.33. The van der Waals surface area contributed by atoms with Gasteiger partial charge in [0, 0.05) is 5.56 Å². The SMILES string of the molecule is C[N+](C)(C)Cc1ccc2ccccc2c1.[Br-]. The Kier molecular flexibility index (Phi) is 4.11. The fourth-order valence-electron chi connectivity index (χ4n) is 1.88. The van der Waals surface area contributed by atoms with Crippen molar-refractivity contribution in [2.24, 2.45) is 0 Å². The van der Waals surface area contributed by atoms with E-state index in [1.165, 1.54) is 16.3 Å². The minimum absolute atomic E-state index is 0. The van der Waals surface area contributed by atoms with E-state index in [2.05, 4.69) is 63.6 Å². The number of quaternary nitrogens is 1. The summed E-state index contributed by atoms with van der Waals surface area (Å²) < 4.78 is 0.971. The molecule has 0 amide bonds. The number of rotatable bonds is 2. The van der Waals surface area contributed by atoms with Gasteiger partial charge in [0.1, 0.15) is 6.54 Å². The highest BCUT2D eigenvalue weighted by Crippen LogP contribution is 2.17. The van der Waals surface area contributed by atoms with Gasteiger partial charge in [-0.2, -0.15) is 0 Å². The van der Waals surface area contributed by atoms with Crippen LogP contribution in [0.1, 0.15) is 5.56 Å². The Hall–Kier alpha value is -0.860. The van der Waals surface area contributed by atoms with E-state index in [9.17, 15) is 0 Å². The van der Waals surface area contributed by atoms with Crippen LogP contribution in [-0.4, -0.2) is 25.6 Å². The van der Waals surface area contributed by atoms with E-state index in [-0.39, 0.29) is 17.0 Å². The Morgan fingerprint density at radius 1 is 0.875 bits per heavy atom. The number of halogens is 1. The summed E-state index contributed by atoms with van der Waals surface area (Å²) in [6.45, 7) is 1.07. The summed E-state index contributed by atoms with van der Waals surface area (Å²) in [6, 6.07) is 15.2. The van der Waals surface area contributed by atoms with Crippen LogP contribution in [0.3, 0.4) is 0 Å².